The third-order valence-electron chi connectivity index (χ3n) is 6.26. The number of rotatable bonds is 7. The standard InChI is InChI=1S/C27H18F8N6O2/c1-2-8-36-25(42)23(41-12-20-19(11-37-41)38-24(39-20)15-4-3-5-17(28)22(15)29)21-10-18(40-43-21)14-7-6-13(26(30,31)32)9-16(14)27(33,34)35/h3-7,9-12,23H,2,8H2,1H3,(H,36,42). The molecule has 8 nitrogen and oxygen atoms in total. The summed E-state index contributed by atoms with van der Waals surface area (Å²) in [5, 5.41) is 10.3. The fourth-order valence-corrected chi connectivity index (χ4v) is 4.22. The first kappa shape index (κ1) is 29.6. The van der Waals surface area contributed by atoms with Crippen LogP contribution in [-0.2, 0) is 17.1 Å². The van der Waals surface area contributed by atoms with E-state index in [0.29, 0.717) is 18.6 Å². The zero-order chi connectivity index (χ0) is 31.1. The molecule has 0 spiro atoms. The topological polar surface area (TPSA) is 98.7 Å². The number of nitrogens with zero attached hydrogens (tertiary/aromatic N) is 5. The second-order valence-electron chi connectivity index (χ2n) is 9.24. The average molecular weight is 610 g/mol. The summed E-state index contributed by atoms with van der Waals surface area (Å²) in [5.41, 5.74) is -4.28. The van der Waals surface area contributed by atoms with Crippen LogP contribution in [0.3, 0.4) is 0 Å². The molecule has 1 atom stereocenters. The predicted octanol–water partition coefficient (Wildman–Crippen LogP) is 6.53. The Kier molecular flexibility index (Phi) is 7.62. The summed E-state index contributed by atoms with van der Waals surface area (Å²) in [4.78, 5) is 21.5. The summed E-state index contributed by atoms with van der Waals surface area (Å²) >= 11 is 0. The molecule has 2 aliphatic heterocycles. The fraction of sp³-hybridized carbons (Fsp3) is 0.222. The molecule has 0 fully saturated rings. The van der Waals surface area contributed by atoms with Crippen LogP contribution in [0.2, 0.25) is 0 Å². The van der Waals surface area contributed by atoms with Crippen LogP contribution >= 0.6 is 0 Å². The molecular formula is C27H18F8N6O2. The number of nitrogens with one attached hydrogen (secondary N) is 1. The van der Waals surface area contributed by atoms with Crippen LogP contribution in [0.15, 0.2) is 59.4 Å². The smallest absolute Gasteiger partial charge is 0.358 e. The first-order chi connectivity index (χ1) is 20.3. The van der Waals surface area contributed by atoms with Crippen molar-refractivity contribution in [1.82, 2.24) is 30.2 Å². The van der Waals surface area contributed by atoms with Gasteiger partial charge in [-0.2, -0.15) is 31.4 Å². The second kappa shape index (κ2) is 11.1. The highest BCUT2D eigenvalue weighted by Gasteiger charge is 2.39. The number of carbonyl (C=O) groups excluding carboxylic acids is 1. The van der Waals surface area contributed by atoms with Crippen LogP contribution in [0.5, 0.6) is 0 Å². The summed E-state index contributed by atoms with van der Waals surface area (Å²) in [7, 11) is 0. The van der Waals surface area contributed by atoms with E-state index in [4.69, 9.17) is 4.52 Å². The minimum atomic E-state index is -5.18. The molecule has 0 saturated carbocycles. The molecule has 2 aliphatic rings. The normalized spacial score (nSPS) is 13.0. The van der Waals surface area contributed by atoms with Crippen LogP contribution in [0.1, 0.15) is 36.3 Å². The number of hydrogen-bond donors (Lipinski definition) is 1. The Labute approximate surface area is 236 Å². The van der Waals surface area contributed by atoms with Gasteiger partial charge in [0.05, 0.1) is 29.1 Å². The lowest BCUT2D eigenvalue weighted by molar-refractivity contribution is -0.142. The van der Waals surface area contributed by atoms with E-state index in [9.17, 15) is 39.9 Å². The highest BCUT2D eigenvalue weighted by Crippen LogP contribution is 2.41. The number of aromatic nitrogens is 5. The molecular weight excluding hydrogens is 592 g/mol. The molecule has 0 bridgehead atoms. The number of halogens is 8. The minimum absolute atomic E-state index is 0.0353. The molecule has 224 valence electrons. The molecule has 0 saturated heterocycles. The largest absolute Gasteiger partial charge is 0.417 e. The van der Waals surface area contributed by atoms with Crippen LogP contribution in [0.4, 0.5) is 35.1 Å². The van der Waals surface area contributed by atoms with Gasteiger partial charge in [0, 0.05) is 18.2 Å². The van der Waals surface area contributed by atoms with Gasteiger partial charge in [-0.1, -0.05) is 24.2 Å². The number of alkyl halides is 6. The molecule has 5 rings (SSSR count). The lowest BCUT2D eigenvalue weighted by Gasteiger charge is -2.17. The Morgan fingerprint density at radius 3 is 2.40 bits per heavy atom. The van der Waals surface area contributed by atoms with Crippen LogP contribution in [0.25, 0.3) is 34.0 Å². The molecule has 43 heavy (non-hydrogen) atoms. The van der Waals surface area contributed by atoms with E-state index >= 15 is 0 Å². The summed E-state index contributed by atoms with van der Waals surface area (Å²) in [6.45, 7) is 1.98. The fourth-order valence-electron chi connectivity index (χ4n) is 4.22. The molecule has 0 aliphatic carbocycles. The van der Waals surface area contributed by atoms with Gasteiger partial charge >= 0.3 is 12.4 Å². The van der Waals surface area contributed by atoms with Crippen molar-refractivity contribution in [1.29, 1.82) is 0 Å². The average Bonchev–Trinajstić information content (AvgIpc) is 3.59. The van der Waals surface area contributed by atoms with E-state index < -0.39 is 58.3 Å². The lowest BCUT2D eigenvalue weighted by atomic mass is 10.00. The quantitative estimate of drug-likeness (QED) is 0.211. The summed E-state index contributed by atoms with van der Waals surface area (Å²) < 4.78 is 115. The van der Waals surface area contributed by atoms with Gasteiger partial charge < -0.3 is 9.84 Å². The Morgan fingerprint density at radius 1 is 0.953 bits per heavy atom. The van der Waals surface area contributed by atoms with E-state index in [1.807, 2.05) is 0 Å². The Hall–Kier alpha value is -4.89. The van der Waals surface area contributed by atoms with E-state index in [1.165, 1.54) is 24.5 Å². The van der Waals surface area contributed by atoms with Crippen molar-refractivity contribution in [2.24, 2.45) is 0 Å². The van der Waals surface area contributed by atoms with Crippen molar-refractivity contribution in [2.75, 3.05) is 6.54 Å². The molecule has 3 heterocycles. The van der Waals surface area contributed by atoms with Crippen molar-refractivity contribution in [2.45, 2.75) is 31.7 Å². The molecule has 16 heteroatoms. The minimum Gasteiger partial charge on any atom is -0.358 e. The van der Waals surface area contributed by atoms with Gasteiger partial charge in [-0.25, -0.2) is 18.7 Å². The van der Waals surface area contributed by atoms with Gasteiger partial charge in [0.2, 0.25) is 0 Å². The van der Waals surface area contributed by atoms with Gasteiger partial charge in [-0.05, 0) is 30.7 Å². The van der Waals surface area contributed by atoms with E-state index in [1.54, 1.807) is 6.92 Å². The molecule has 1 N–H and O–H groups in total. The van der Waals surface area contributed by atoms with Crippen molar-refractivity contribution in [3.63, 3.8) is 0 Å². The first-order valence-electron chi connectivity index (χ1n) is 12.5. The van der Waals surface area contributed by atoms with Gasteiger partial charge in [0.25, 0.3) is 5.91 Å². The number of amides is 1. The van der Waals surface area contributed by atoms with Crippen LogP contribution in [0, 0.1) is 11.6 Å². The van der Waals surface area contributed by atoms with Gasteiger partial charge in [0.1, 0.15) is 17.1 Å². The maximum Gasteiger partial charge on any atom is 0.417 e. The zero-order valence-corrected chi connectivity index (χ0v) is 21.8. The van der Waals surface area contributed by atoms with Crippen LogP contribution < -0.4 is 5.32 Å². The third kappa shape index (κ3) is 5.89. The molecule has 2 aromatic carbocycles. The highest BCUT2D eigenvalue weighted by molar-refractivity contribution is 5.83. The number of benzene rings is 2. The number of carbonyl (C=O) groups is 1. The zero-order valence-electron chi connectivity index (χ0n) is 21.8. The number of imidazole rings is 1. The molecule has 1 aromatic heterocycles. The summed E-state index contributed by atoms with van der Waals surface area (Å²) in [6, 6.07) is 4.02. The van der Waals surface area contributed by atoms with E-state index in [2.05, 4.69) is 25.5 Å². The summed E-state index contributed by atoms with van der Waals surface area (Å²) in [5.74, 6) is -3.46. The Bertz CT molecular complexity index is 1760. The third-order valence-corrected chi connectivity index (χ3v) is 6.26. The number of hydrogen-bond acceptors (Lipinski definition) is 6. The second-order valence-corrected chi connectivity index (χ2v) is 9.24. The van der Waals surface area contributed by atoms with Crippen LogP contribution in [-0.4, -0.2) is 37.4 Å². The summed E-state index contributed by atoms with van der Waals surface area (Å²) in [6.07, 6.45) is -7.27. The van der Waals surface area contributed by atoms with Crippen molar-refractivity contribution >= 4 is 5.91 Å². The monoisotopic (exact) mass is 610 g/mol. The van der Waals surface area contributed by atoms with Crippen molar-refractivity contribution in [3.05, 3.63) is 83.4 Å². The highest BCUT2D eigenvalue weighted by atomic mass is 19.4. The predicted molar refractivity (Wildman–Crippen MR) is 133 cm³/mol. The lowest BCUT2D eigenvalue weighted by Crippen LogP contribution is -2.34. The van der Waals surface area contributed by atoms with E-state index in [0.717, 1.165) is 16.8 Å². The Morgan fingerprint density at radius 2 is 1.70 bits per heavy atom. The first-order valence-corrected chi connectivity index (χ1v) is 12.5. The maximum absolute atomic E-state index is 14.3. The SMILES string of the molecule is CCCNC(=O)C(c1cc(-c2ccc(C(F)(F)F)cc2C(F)(F)F)no1)n1cc2nc(-c3cccc(F)c3F)nc-2cn1. The van der Waals surface area contributed by atoms with Gasteiger partial charge in [0.15, 0.2) is 29.3 Å². The van der Waals surface area contributed by atoms with Crippen molar-refractivity contribution < 1.29 is 44.4 Å². The molecule has 1 amide bonds. The number of fused-ring (bicyclic) bond motifs is 1. The molecule has 1 unspecified atom stereocenters. The molecule has 3 aromatic rings. The van der Waals surface area contributed by atoms with Gasteiger partial charge in [-0.3, -0.25) is 9.48 Å². The maximum atomic E-state index is 14.3. The van der Waals surface area contributed by atoms with Crippen molar-refractivity contribution in [3.8, 4) is 34.0 Å². The Balaban J connectivity index is 1.58. The van der Waals surface area contributed by atoms with E-state index in [-0.39, 0.29) is 41.1 Å². The van der Waals surface area contributed by atoms with Gasteiger partial charge in [-0.15, -0.1) is 0 Å². The molecule has 0 radical (unpaired) electrons.